The van der Waals surface area contributed by atoms with Crippen molar-refractivity contribution in [3.8, 4) is 0 Å². The number of thioether (sulfide) groups is 1. The molecule has 1 aromatic rings. The van der Waals surface area contributed by atoms with Crippen LogP contribution in [0.2, 0.25) is 0 Å². The van der Waals surface area contributed by atoms with Crippen LogP contribution in [0.5, 0.6) is 0 Å². The summed E-state index contributed by atoms with van der Waals surface area (Å²) in [7, 11) is 0. The highest BCUT2D eigenvalue weighted by molar-refractivity contribution is 8.00. The van der Waals surface area contributed by atoms with Crippen LogP contribution < -0.4 is 11.4 Å². The summed E-state index contributed by atoms with van der Waals surface area (Å²) in [5.41, 5.74) is 4.39. The van der Waals surface area contributed by atoms with Crippen molar-refractivity contribution in [1.29, 1.82) is 0 Å². The van der Waals surface area contributed by atoms with Crippen LogP contribution in [0.1, 0.15) is 31.6 Å². The number of nitrogen functional groups attached to an aromatic ring is 1. The first-order valence-electron chi connectivity index (χ1n) is 6.17. The first kappa shape index (κ1) is 15.2. The van der Waals surface area contributed by atoms with E-state index < -0.39 is 23.4 Å². The Kier molecular flexibility index (Phi) is 4.97. The van der Waals surface area contributed by atoms with Crippen molar-refractivity contribution >= 4 is 17.6 Å². The molecule has 0 aliphatic carbocycles. The second kappa shape index (κ2) is 6.53. The number of halogens is 1. The van der Waals surface area contributed by atoms with Gasteiger partial charge >= 0.3 is 5.69 Å². The molecule has 112 valence electrons. The molecule has 0 radical (unpaired) electrons. The number of aromatic amines is 1. The number of anilines is 1. The van der Waals surface area contributed by atoms with Crippen molar-refractivity contribution in [2.75, 3.05) is 11.5 Å². The molecule has 0 bridgehead atoms. The largest absolute Gasteiger partial charge is 0.381 e. The molecule has 3 atom stereocenters. The van der Waals surface area contributed by atoms with E-state index in [0.717, 1.165) is 0 Å². The molecule has 0 saturated carbocycles. The smallest absolute Gasteiger partial charge is 0.347 e. The molecule has 1 unspecified atom stereocenters. The number of nitrogens with one attached hydrogen (secondary N) is 1. The van der Waals surface area contributed by atoms with Crippen molar-refractivity contribution in [3.63, 3.8) is 0 Å². The van der Waals surface area contributed by atoms with E-state index in [4.69, 9.17) is 15.7 Å². The first-order chi connectivity index (χ1) is 9.55. The van der Waals surface area contributed by atoms with Crippen LogP contribution in [0.15, 0.2) is 4.79 Å². The lowest BCUT2D eigenvalue weighted by atomic mass is 10.2. The van der Waals surface area contributed by atoms with E-state index in [9.17, 15) is 9.18 Å². The van der Waals surface area contributed by atoms with E-state index in [1.165, 1.54) is 11.8 Å². The molecule has 1 aliphatic heterocycles. The van der Waals surface area contributed by atoms with Crippen molar-refractivity contribution in [2.45, 2.75) is 37.4 Å². The highest BCUT2D eigenvalue weighted by Crippen LogP contribution is 2.38. The Morgan fingerprint density at radius 3 is 3.15 bits per heavy atom. The van der Waals surface area contributed by atoms with E-state index in [0.29, 0.717) is 18.6 Å². The SMILES string of the molecule is CCC(C[C@H]1O[C@@H](c2[nH]c(=O)nc(N)c2F)CS1)OO. The maximum absolute atomic E-state index is 13.8. The van der Waals surface area contributed by atoms with E-state index in [1.807, 2.05) is 6.92 Å². The number of nitrogens with zero attached hydrogens (tertiary/aromatic N) is 1. The van der Waals surface area contributed by atoms with Gasteiger partial charge in [0, 0.05) is 12.2 Å². The predicted octanol–water partition coefficient (Wildman–Crippen LogP) is 1.28. The van der Waals surface area contributed by atoms with E-state index in [2.05, 4.69) is 14.9 Å². The molecule has 1 saturated heterocycles. The molecule has 2 rings (SSSR count). The van der Waals surface area contributed by atoms with Gasteiger partial charge in [-0.25, -0.2) is 14.1 Å². The topological polar surface area (TPSA) is 110 Å². The highest BCUT2D eigenvalue weighted by Gasteiger charge is 2.32. The van der Waals surface area contributed by atoms with Crippen LogP contribution in [0, 0.1) is 5.82 Å². The van der Waals surface area contributed by atoms with Gasteiger partial charge in [0.2, 0.25) is 0 Å². The third-order valence-corrected chi connectivity index (χ3v) is 4.23. The third-order valence-electron chi connectivity index (χ3n) is 3.06. The molecular weight excluding hydrogens is 289 g/mol. The van der Waals surface area contributed by atoms with Gasteiger partial charge in [-0.3, -0.25) is 5.26 Å². The van der Waals surface area contributed by atoms with Crippen LogP contribution in [0.4, 0.5) is 10.2 Å². The Balaban J connectivity index is 2.08. The monoisotopic (exact) mass is 305 g/mol. The maximum atomic E-state index is 13.8. The zero-order chi connectivity index (χ0) is 14.7. The van der Waals surface area contributed by atoms with Crippen LogP contribution in [0.3, 0.4) is 0 Å². The lowest BCUT2D eigenvalue weighted by molar-refractivity contribution is -0.282. The fraction of sp³-hybridized carbons (Fsp3) is 0.636. The number of nitrogens with two attached hydrogens (primary N) is 1. The van der Waals surface area contributed by atoms with Crippen LogP contribution in [0.25, 0.3) is 0 Å². The predicted molar refractivity (Wildman–Crippen MR) is 71.7 cm³/mol. The van der Waals surface area contributed by atoms with Gasteiger partial charge in [-0.2, -0.15) is 4.98 Å². The quantitative estimate of drug-likeness (QED) is 0.555. The molecule has 0 spiro atoms. The summed E-state index contributed by atoms with van der Waals surface area (Å²) in [6.07, 6.45) is 0.173. The summed E-state index contributed by atoms with van der Waals surface area (Å²) < 4.78 is 19.5. The molecule has 0 aromatic carbocycles. The Hall–Kier alpha value is -1.16. The minimum absolute atomic E-state index is 0.00969. The fourth-order valence-electron chi connectivity index (χ4n) is 1.95. The third kappa shape index (κ3) is 3.29. The zero-order valence-corrected chi connectivity index (χ0v) is 11.7. The number of hydrogen-bond donors (Lipinski definition) is 3. The number of ether oxygens (including phenoxy) is 1. The molecule has 0 amide bonds. The summed E-state index contributed by atoms with van der Waals surface area (Å²) in [5, 5.41) is 8.69. The Morgan fingerprint density at radius 2 is 2.50 bits per heavy atom. The molecule has 1 aliphatic rings. The number of aromatic nitrogens is 2. The zero-order valence-electron chi connectivity index (χ0n) is 10.8. The molecule has 4 N–H and O–H groups in total. The number of H-pyrrole nitrogens is 1. The van der Waals surface area contributed by atoms with Gasteiger partial charge in [-0.05, 0) is 6.42 Å². The average Bonchev–Trinajstić information content (AvgIpc) is 2.88. The van der Waals surface area contributed by atoms with Gasteiger partial charge in [0.1, 0.15) is 11.5 Å². The summed E-state index contributed by atoms with van der Waals surface area (Å²) in [4.78, 5) is 21.1. The first-order valence-corrected chi connectivity index (χ1v) is 7.22. The molecule has 1 fully saturated rings. The van der Waals surface area contributed by atoms with Crippen molar-refractivity contribution in [2.24, 2.45) is 0 Å². The van der Waals surface area contributed by atoms with Gasteiger partial charge < -0.3 is 15.5 Å². The van der Waals surface area contributed by atoms with Crippen LogP contribution >= 0.6 is 11.8 Å². The van der Waals surface area contributed by atoms with Crippen molar-refractivity contribution in [1.82, 2.24) is 9.97 Å². The van der Waals surface area contributed by atoms with Gasteiger partial charge in [-0.1, -0.05) is 6.92 Å². The van der Waals surface area contributed by atoms with Crippen LogP contribution in [-0.2, 0) is 9.62 Å². The summed E-state index contributed by atoms with van der Waals surface area (Å²) in [5.74, 6) is -0.727. The fourth-order valence-corrected chi connectivity index (χ4v) is 3.14. The van der Waals surface area contributed by atoms with E-state index in [-0.39, 0.29) is 17.2 Å². The Labute approximate surface area is 118 Å². The Bertz CT molecular complexity index is 523. The normalized spacial score (nSPS) is 23.9. The minimum Gasteiger partial charge on any atom is -0.381 e. The second-order valence-electron chi connectivity index (χ2n) is 4.41. The van der Waals surface area contributed by atoms with Crippen molar-refractivity contribution in [3.05, 3.63) is 22.0 Å². The lowest BCUT2D eigenvalue weighted by Crippen LogP contribution is -2.22. The molecule has 1 aromatic heterocycles. The minimum atomic E-state index is -0.763. The summed E-state index contributed by atoms with van der Waals surface area (Å²) in [6, 6.07) is 0. The van der Waals surface area contributed by atoms with Crippen LogP contribution in [-0.4, -0.2) is 32.5 Å². The molecule has 7 nitrogen and oxygen atoms in total. The average molecular weight is 305 g/mol. The molecule has 20 heavy (non-hydrogen) atoms. The van der Waals surface area contributed by atoms with E-state index in [1.54, 1.807) is 0 Å². The van der Waals surface area contributed by atoms with Gasteiger partial charge in [-0.15, -0.1) is 11.8 Å². The molecular formula is C11H16FN3O4S. The second-order valence-corrected chi connectivity index (χ2v) is 5.61. The van der Waals surface area contributed by atoms with Gasteiger partial charge in [0.15, 0.2) is 11.6 Å². The van der Waals surface area contributed by atoms with E-state index >= 15 is 0 Å². The summed E-state index contributed by atoms with van der Waals surface area (Å²) in [6.45, 7) is 1.87. The number of rotatable bonds is 5. The molecule has 9 heteroatoms. The lowest BCUT2D eigenvalue weighted by Gasteiger charge is -2.17. The van der Waals surface area contributed by atoms with Crippen molar-refractivity contribution < 1.29 is 19.3 Å². The standard InChI is InChI=1S/C11H16FN3O4S/c1-2-5(19-17)3-7-18-6(4-20-7)9-8(12)10(13)15-11(16)14-9/h5-7,17H,2-4H2,1H3,(H3,13,14,15,16)/t5?,6-,7+/m1/s1. The summed E-state index contributed by atoms with van der Waals surface area (Å²) >= 11 is 1.46. The number of hydrogen-bond acceptors (Lipinski definition) is 7. The highest BCUT2D eigenvalue weighted by atomic mass is 32.2. The Morgan fingerprint density at radius 1 is 1.75 bits per heavy atom. The van der Waals surface area contributed by atoms with Gasteiger partial charge in [0.25, 0.3) is 0 Å². The van der Waals surface area contributed by atoms with Gasteiger partial charge in [0.05, 0.1) is 11.8 Å². The molecule has 2 heterocycles. The maximum Gasteiger partial charge on any atom is 0.347 e.